The molecule has 0 atom stereocenters. The van der Waals surface area contributed by atoms with Crippen LogP contribution in [-0.2, 0) is 13.0 Å². The lowest BCUT2D eigenvalue weighted by Gasteiger charge is -2.16. The van der Waals surface area contributed by atoms with Gasteiger partial charge in [-0.1, -0.05) is 60.2 Å². The molecule has 3 heterocycles. The van der Waals surface area contributed by atoms with Crippen molar-refractivity contribution in [1.29, 1.82) is 0 Å². The van der Waals surface area contributed by atoms with E-state index in [-0.39, 0.29) is 5.56 Å². The van der Waals surface area contributed by atoms with Crippen molar-refractivity contribution in [3.63, 3.8) is 0 Å². The third-order valence-corrected chi connectivity index (χ3v) is 6.99. The zero-order valence-corrected chi connectivity index (χ0v) is 20.0. The predicted octanol–water partition coefficient (Wildman–Crippen LogP) is 6.56. The molecule has 5 rings (SSSR count). The van der Waals surface area contributed by atoms with E-state index in [1.165, 1.54) is 5.56 Å². The van der Waals surface area contributed by atoms with Crippen molar-refractivity contribution in [2.45, 2.75) is 26.8 Å². The number of thiophene rings is 1. The Morgan fingerprint density at radius 3 is 2.41 bits per heavy atom. The highest BCUT2D eigenvalue weighted by molar-refractivity contribution is 7.18. The molecule has 168 valence electrons. The summed E-state index contributed by atoms with van der Waals surface area (Å²) in [5.41, 5.74) is 5.60. The van der Waals surface area contributed by atoms with E-state index in [1.807, 2.05) is 72.2 Å². The number of hydrogen-bond acceptors (Lipinski definition) is 4. The molecule has 34 heavy (non-hydrogen) atoms. The van der Waals surface area contributed by atoms with Crippen LogP contribution in [-0.4, -0.2) is 14.5 Å². The highest BCUT2D eigenvalue weighted by atomic mass is 32.1. The van der Waals surface area contributed by atoms with Gasteiger partial charge in [0.2, 0.25) is 0 Å². The van der Waals surface area contributed by atoms with Gasteiger partial charge in [-0.3, -0.25) is 14.3 Å². The maximum atomic E-state index is 14.0. The molecule has 2 aromatic carbocycles. The molecule has 0 aliphatic heterocycles. The zero-order chi connectivity index (χ0) is 23.5. The van der Waals surface area contributed by atoms with Crippen LogP contribution in [0.1, 0.15) is 16.8 Å². The Hall–Kier alpha value is -3.83. The first-order valence-electron chi connectivity index (χ1n) is 11.3. The van der Waals surface area contributed by atoms with Gasteiger partial charge in [0, 0.05) is 23.2 Å². The van der Waals surface area contributed by atoms with Crippen molar-refractivity contribution in [3.05, 3.63) is 118 Å². The second-order valence-electron chi connectivity index (χ2n) is 8.34. The lowest BCUT2D eigenvalue weighted by Crippen LogP contribution is -2.26. The first-order chi connectivity index (χ1) is 16.6. The largest absolute Gasteiger partial charge is 0.292 e. The Morgan fingerprint density at radius 2 is 1.65 bits per heavy atom. The molecular formula is C29H25N3OS. The molecule has 5 heteroatoms. The van der Waals surface area contributed by atoms with E-state index in [0.29, 0.717) is 17.9 Å². The number of pyridine rings is 1. The van der Waals surface area contributed by atoms with Crippen LogP contribution in [0, 0.1) is 13.8 Å². The number of hydrogen-bond donors (Lipinski definition) is 0. The molecule has 3 aromatic heterocycles. The second-order valence-corrected chi connectivity index (χ2v) is 9.42. The molecule has 0 aliphatic rings. The van der Waals surface area contributed by atoms with Gasteiger partial charge in [-0.2, -0.15) is 0 Å². The number of nitrogens with zero attached hydrogens (tertiary/aromatic N) is 3. The Labute approximate surface area is 203 Å². The quantitative estimate of drug-likeness (QED) is 0.286. The van der Waals surface area contributed by atoms with Gasteiger partial charge in [-0.15, -0.1) is 11.3 Å². The summed E-state index contributed by atoms with van der Waals surface area (Å²) in [7, 11) is 0. The van der Waals surface area contributed by atoms with E-state index in [9.17, 15) is 4.79 Å². The van der Waals surface area contributed by atoms with Crippen LogP contribution in [0.5, 0.6) is 0 Å². The number of aryl methyl sites for hydroxylation is 3. The van der Waals surface area contributed by atoms with Gasteiger partial charge in [0.25, 0.3) is 5.56 Å². The standard InChI is InChI=1S/C29H25N3OS/c1-20-9-8-12-23(19-20)28-31-21(2)27(26-15-14-25(34-26)24-13-6-7-17-30-24)29(33)32(28)18-16-22-10-4-3-5-11-22/h3-15,17,19H,16,18H2,1-2H3. The van der Waals surface area contributed by atoms with Crippen molar-refractivity contribution >= 4 is 11.3 Å². The van der Waals surface area contributed by atoms with Gasteiger partial charge in [-0.25, -0.2) is 4.98 Å². The molecule has 5 aromatic rings. The smallest absolute Gasteiger partial charge is 0.262 e. The summed E-state index contributed by atoms with van der Waals surface area (Å²) in [5, 5.41) is 0. The van der Waals surface area contributed by atoms with E-state index in [0.717, 1.165) is 38.7 Å². The predicted molar refractivity (Wildman–Crippen MR) is 140 cm³/mol. The highest BCUT2D eigenvalue weighted by Crippen LogP contribution is 2.34. The Bertz CT molecular complexity index is 1490. The molecule has 0 fully saturated rings. The van der Waals surface area contributed by atoms with Gasteiger partial charge in [0.15, 0.2) is 0 Å². The molecule has 0 unspecified atom stereocenters. The first-order valence-corrected chi connectivity index (χ1v) is 12.2. The minimum absolute atomic E-state index is 0.00522. The van der Waals surface area contributed by atoms with Gasteiger partial charge in [0.05, 0.1) is 21.8 Å². The summed E-state index contributed by atoms with van der Waals surface area (Å²) < 4.78 is 1.84. The van der Waals surface area contributed by atoms with Crippen molar-refractivity contribution < 1.29 is 0 Å². The molecule has 0 saturated heterocycles. The average Bonchev–Trinajstić information content (AvgIpc) is 3.34. The minimum atomic E-state index is -0.00522. The van der Waals surface area contributed by atoms with Crippen LogP contribution >= 0.6 is 11.3 Å². The molecule has 0 spiro atoms. The van der Waals surface area contributed by atoms with Crippen LogP contribution in [0.3, 0.4) is 0 Å². The average molecular weight is 464 g/mol. The SMILES string of the molecule is Cc1cccc(-c2nc(C)c(-c3ccc(-c4ccccn4)s3)c(=O)n2CCc2ccccc2)c1. The third-order valence-electron chi connectivity index (χ3n) is 5.86. The topological polar surface area (TPSA) is 47.8 Å². The van der Waals surface area contributed by atoms with Gasteiger partial charge < -0.3 is 0 Å². The van der Waals surface area contributed by atoms with Crippen LogP contribution in [0.4, 0.5) is 0 Å². The molecule has 0 aliphatic carbocycles. The fourth-order valence-corrected chi connectivity index (χ4v) is 5.23. The van der Waals surface area contributed by atoms with Gasteiger partial charge in [-0.05, 0) is 56.2 Å². The molecule has 0 bridgehead atoms. The molecule has 0 saturated carbocycles. The summed E-state index contributed by atoms with van der Waals surface area (Å²) in [4.78, 5) is 25.3. The lowest BCUT2D eigenvalue weighted by molar-refractivity contribution is 0.663. The summed E-state index contributed by atoms with van der Waals surface area (Å²) in [6, 6.07) is 28.3. The zero-order valence-electron chi connectivity index (χ0n) is 19.2. The lowest BCUT2D eigenvalue weighted by atomic mass is 10.1. The monoisotopic (exact) mass is 463 g/mol. The maximum Gasteiger partial charge on any atom is 0.262 e. The Morgan fingerprint density at radius 1 is 0.853 bits per heavy atom. The van der Waals surface area contributed by atoms with E-state index >= 15 is 0 Å². The van der Waals surface area contributed by atoms with E-state index in [2.05, 4.69) is 36.2 Å². The Kier molecular flexibility index (Phi) is 6.19. The fraction of sp³-hybridized carbons (Fsp3) is 0.138. The molecular weight excluding hydrogens is 438 g/mol. The second kappa shape index (κ2) is 9.57. The van der Waals surface area contributed by atoms with Crippen LogP contribution in [0.2, 0.25) is 0 Å². The fourth-order valence-electron chi connectivity index (χ4n) is 4.16. The molecule has 0 N–H and O–H groups in total. The van der Waals surface area contributed by atoms with E-state index in [4.69, 9.17) is 4.98 Å². The molecule has 4 nitrogen and oxygen atoms in total. The van der Waals surface area contributed by atoms with Crippen LogP contribution in [0.25, 0.3) is 32.4 Å². The Balaban J connectivity index is 1.62. The summed E-state index contributed by atoms with van der Waals surface area (Å²) in [6.07, 6.45) is 2.54. The normalized spacial score (nSPS) is 11.0. The first kappa shape index (κ1) is 22.0. The minimum Gasteiger partial charge on any atom is -0.292 e. The van der Waals surface area contributed by atoms with Crippen LogP contribution in [0.15, 0.2) is 95.9 Å². The van der Waals surface area contributed by atoms with Crippen molar-refractivity contribution in [2.75, 3.05) is 0 Å². The van der Waals surface area contributed by atoms with Crippen molar-refractivity contribution in [1.82, 2.24) is 14.5 Å². The summed E-state index contributed by atoms with van der Waals surface area (Å²) in [5.74, 6) is 0.715. The van der Waals surface area contributed by atoms with E-state index in [1.54, 1.807) is 17.5 Å². The third kappa shape index (κ3) is 4.47. The number of aromatic nitrogens is 3. The maximum absolute atomic E-state index is 14.0. The summed E-state index contributed by atoms with van der Waals surface area (Å²) in [6.45, 7) is 4.55. The molecule has 0 amide bonds. The summed E-state index contributed by atoms with van der Waals surface area (Å²) >= 11 is 1.58. The van der Waals surface area contributed by atoms with Crippen molar-refractivity contribution in [3.8, 4) is 32.4 Å². The highest BCUT2D eigenvalue weighted by Gasteiger charge is 2.19. The van der Waals surface area contributed by atoms with Gasteiger partial charge in [0.1, 0.15) is 5.82 Å². The number of rotatable bonds is 6. The van der Waals surface area contributed by atoms with Crippen LogP contribution < -0.4 is 5.56 Å². The number of benzene rings is 2. The van der Waals surface area contributed by atoms with Crippen molar-refractivity contribution in [2.24, 2.45) is 0 Å². The molecule has 0 radical (unpaired) electrons. The van der Waals surface area contributed by atoms with E-state index < -0.39 is 0 Å². The van der Waals surface area contributed by atoms with Gasteiger partial charge >= 0.3 is 0 Å².